The highest BCUT2D eigenvalue weighted by molar-refractivity contribution is 7.13. The van der Waals surface area contributed by atoms with Crippen molar-refractivity contribution in [2.24, 2.45) is 0 Å². The van der Waals surface area contributed by atoms with Gasteiger partial charge in [0.1, 0.15) is 17.4 Å². The number of hydrogen-bond acceptors (Lipinski definition) is 7. The Morgan fingerprint density at radius 3 is 2.66 bits per heavy atom. The molecule has 0 aliphatic carbocycles. The highest BCUT2D eigenvalue weighted by Gasteiger charge is 2.15. The lowest BCUT2D eigenvalue weighted by molar-refractivity contribution is -0.147. The number of thiazole rings is 1. The fourth-order valence-corrected chi connectivity index (χ4v) is 3.77. The van der Waals surface area contributed by atoms with Gasteiger partial charge in [-0.05, 0) is 30.3 Å². The summed E-state index contributed by atoms with van der Waals surface area (Å²) in [5, 5.41) is 3.35. The van der Waals surface area contributed by atoms with Gasteiger partial charge in [-0.1, -0.05) is 29.3 Å². The minimum absolute atomic E-state index is 0.0271. The number of aromatic nitrogens is 1. The number of methoxy groups -OCH3 is 2. The van der Waals surface area contributed by atoms with E-state index in [0.717, 1.165) is 10.6 Å². The van der Waals surface area contributed by atoms with Crippen LogP contribution >= 0.6 is 34.5 Å². The van der Waals surface area contributed by atoms with Gasteiger partial charge in [-0.3, -0.25) is 0 Å². The number of hydrogen-bond donors (Lipinski definition) is 0. The van der Waals surface area contributed by atoms with E-state index in [-0.39, 0.29) is 13.2 Å². The molecule has 0 amide bonds. The van der Waals surface area contributed by atoms with Crippen LogP contribution < -0.4 is 14.2 Å². The van der Waals surface area contributed by atoms with Crippen LogP contribution in [-0.2, 0) is 16.1 Å². The Morgan fingerprint density at radius 1 is 1.10 bits per heavy atom. The zero-order chi connectivity index (χ0) is 20.8. The largest absolute Gasteiger partial charge is 0.493 e. The zero-order valence-electron chi connectivity index (χ0n) is 15.6. The lowest BCUT2D eigenvalue weighted by Gasteiger charge is -2.10. The Morgan fingerprint density at radius 2 is 1.93 bits per heavy atom. The average Bonchev–Trinajstić information content (AvgIpc) is 3.19. The van der Waals surface area contributed by atoms with Crippen molar-refractivity contribution in [2.75, 3.05) is 20.8 Å². The fraction of sp³-hybridized carbons (Fsp3) is 0.200. The summed E-state index contributed by atoms with van der Waals surface area (Å²) in [6.45, 7) is -0.249. The molecule has 0 saturated carbocycles. The molecule has 1 aromatic heterocycles. The van der Waals surface area contributed by atoms with Gasteiger partial charge in [0.25, 0.3) is 0 Å². The van der Waals surface area contributed by atoms with Gasteiger partial charge >= 0.3 is 5.97 Å². The van der Waals surface area contributed by atoms with Crippen molar-refractivity contribution in [2.45, 2.75) is 6.61 Å². The Hall–Kier alpha value is -2.48. The number of carbonyl (C=O) groups is 1. The maximum atomic E-state index is 12.0. The molecule has 3 rings (SSSR count). The molecule has 0 aliphatic heterocycles. The van der Waals surface area contributed by atoms with E-state index in [4.69, 9.17) is 42.1 Å². The molecule has 0 N–H and O–H groups in total. The van der Waals surface area contributed by atoms with Crippen LogP contribution in [-0.4, -0.2) is 31.8 Å². The van der Waals surface area contributed by atoms with Crippen LogP contribution in [0.5, 0.6) is 17.2 Å². The van der Waals surface area contributed by atoms with Crippen molar-refractivity contribution in [1.82, 2.24) is 4.98 Å². The molecule has 0 spiro atoms. The third-order valence-electron chi connectivity index (χ3n) is 3.81. The second-order valence-electron chi connectivity index (χ2n) is 5.71. The van der Waals surface area contributed by atoms with Crippen LogP contribution in [0.25, 0.3) is 10.6 Å². The van der Waals surface area contributed by atoms with Gasteiger partial charge in [0.15, 0.2) is 18.1 Å². The van der Waals surface area contributed by atoms with Gasteiger partial charge in [-0.15, -0.1) is 11.3 Å². The Bertz CT molecular complexity index is 1010. The van der Waals surface area contributed by atoms with E-state index in [0.29, 0.717) is 33.0 Å². The summed E-state index contributed by atoms with van der Waals surface area (Å²) in [6.07, 6.45) is 0. The van der Waals surface area contributed by atoms with Gasteiger partial charge in [0, 0.05) is 10.4 Å². The normalized spacial score (nSPS) is 10.5. The first-order valence-electron chi connectivity index (χ1n) is 8.41. The Labute approximate surface area is 181 Å². The van der Waals surface area contributed by atoms with Crippen LogP contribution in [0, 0.1) is 0 Å². The van der Waals surface area contributed by atoms with Gasteiger partial charge in [0.2, 0.25) is 0 Å². The number of ether oxygens (including phenoxy) is 4. The predicted octanol–water partition coefficient (Wildman–Crippen LogP) is 5.26. The first-order valence-corrected chi connectivity index (χ1v) is 10.0. The third kappa shape index (κ3) is 5.32. The van der Waals surface area contributed by atoms with Gasteiger partial charge in [-0.25, -0.2) is 9.78 Å². The van der Waals surface area contributed by atoms with E-state index in [1.165, 1.54) is 17.4 Å². The lowest BCUT2D eigenvalue weighted by Crippen LogP contribution is -2.15. The molecule has 0 fully saturated rings. The molecule has 6 nitrogen and oxygen atoms in total. The minimum atomic E-state index is -0.537. The number of halogens is 2. The van der Waals surface area contributed by atoms with Crippen molar-refractivity contribution in [3.8, 4) is 27.8 Å². The molecule has 0 atom stereocenters. The second kappa shape index (κ2) is 9.82. The second-order valence-corrected chi connectivity index (χ2v) is 7.41. The average molecular weight is 454 g/mol. The Kier molecular flexibility index (Phi) is 7.19. The fourth-order valence-electron chi connectivity index (χ4n) is 2.48. The summed E-state index contributed by atoms with van der Waals surface area (Å²) in [5.41, 5.74) is 1.42. The molecule has 29 heavy (non-hydrogen) atoms. The molecular weight excluding hydrogens is 437 g/mol. The number of esters is 1. The third-order valence-corrected chi connectivity index (χ3v) is 5.26. The summed E-state index contributed by atoms with van der Waals surface area (Å²) in [5.74, 6) is 1.03. The quantitative estimate of drug-likeness (QED) is 0.433. The topological polar surface area (TPSA) is 66.9 Å². The summed E-state index contributed by atoms with van der Waals surface area (Å²) in [7, 11) is 3.15. The van der Waals surface area contributed by atoms with Crippen LogP contribution in [0.15, 0.2) is 41.8 Å². The van der Waals surface area contributed by atoms with E-state index in [1.54, 1.807) is 26.4 Å². The summed E-state index contributed by atoms with van der Waals surface area (Å²) >= 11 is 13.2. The maximum Gasteiger partial charge on any atom is 0.344 e. The van der Waals surface area contributed by atoms with Crippen molar-refractivity contribution in [3.63, 3.8) is 0 Å². The molecule has 0 saturated heterocycles. The standard InChI is InChI=1S/C20H17Cl2NO5S/c1-25-17-5-3-4-14(19(17)26-2)20-23-13(11-29-20)9-28-18(24)10-27-16-7-6-12(21)8-15(16)22/h3-8,11H,9-10H2,1-2H3. The number of nitrogens with zero attached hydrogens (tertiary/aromatic N) is 1. The molecule has 0 bridgehead atoms. The van der Waals surface area contributed by atoms with Gasteiger partial charge < -0.3 is 18.9 Å². The maximum absolute atomic E-state index is 12.0. The van der Waals surface area contributed by atoms with E-state index in [1.807, 2.05) is 23.6 Å². The van der Waals surface area contributed by atoms with Crippen molar-refractivity contribution >= 4 is 40.5 Å². The summed E-state index contributed by atoms with van der Waals surface area (Å²) in [4.78, 5) is 16.5. The SMILES string of the molecule is COc1cccc(-c2nc(COC(=O)COc3ccc(Cl)cc3Cl)cs2)c1OC. The number of para-hydroxylation sites is 1. The first-order chi connectivity index (χ1) is 14.0. The monoisotopic (exact) mass is 453 g/mol. The van der Waals surface area contributed by atoms with Crippen molar-refractivity contribution in [1.29, 1.82) is 0 Å². The zero-order valence-corrected chi connectivity index (χ0v) is 17.9. The molecule has 0 radical (unpaired) electrons. The highest BCUT2D eigenvalue weighted by Crippen LogP contribution is 2.39. The Balaban J connectivity index is 1.59. The molecule has 3 aromatic rings. The summed E-state index contributed by atoms with van der Waals surface area (Å²) < 4.78 is 21.3. The molecule has 9 heteroatoms. The van der Waals surface area contributed by atoms with Crippen LogP contribution in [0.3, 0.4) is 0 Å². The predicted molar refractivity (Wildman–Crippen MR) is 112 cm³/mol. The number of carbonyl (C=O) groups excluding carboxylic acids is 1. The van der Waals surface area contributed by atoms with Gasteiger partial charge in [0.05, 0.1) is 30.5 Å². The van der Waals surface area contributed by atoms with Crippen LogP contribution in [0.2, 0.25) is 10.0 Å². The lowest BCUT2D eigenvalue weighted by atomic mass is 10.2. The molecule has 2 aromatic carbocycles. The van der Waals surface area contributed by atoms with E-state index < -0.39 is 5.97 Å². The van der Waals surface area contributed by atoms with Crippen molar-refractivity contribution < 1.29 is 23.7 Å². The molecule has 0 aliphatic rings. The molecule has 0 unspecified atom stereocenters. The van der Waals surface area contributed by atoms with Crippen LogP contribution in [0.1, 0.15) is 5.69 Å². The first kappa shape index (κ1) is 21.2. The number of benzene rings is 2. The van der Waals surface area contributed by atoms with E-state index in [9.17, 15) is 4.79 Å². The highest BCUT2D eigenvalue weighted by atomic mass is 35.5. The molecular formula is C20H17Cl2NO5S. The minimum Gasteiger partial charge on any atom is -0.493 e. The smallest absolute Gasteiger partial charge is 0.344 e. The molecule has 152 valence electrons. The van der Waals surface area contributed by atoms with E-state index >= 15 is 0 Å². The molecule has 1 heterocycles. The van der Waals surface area contributed by atoms with Crippen molar-refractivity contribution in [3.05, 3.63) is 57.5 Å². The van der Waals surface area contributed by atoms with Crippen LogP contribution in [0.4, 0.5) is 0 Å². The van der Waals surface area contributed by atoms with Gasteiger partial charge in [-0.2, -0.15) is 0 Å². The van der Waals surface area contributed by atoms with E-state index in [2.05, 4.69) is 4.98 Å². The summed E-state index contributed by atoms with van der Waals surface area (Å²) in [6, 6.07) is 10.3. The number of rotatable bonds is 8.